The van der Waals surface area contributed by atoms with Gasteiger partial charge in [-0.25, -0.2) is 18.0 Å². The van der Waals surface area contributed by atoms with Crippen LogP contribution in [0.15, 0.2) is 47.5 Å². The number of aromatic nitrogens is 1. The molecule has 1 saturated heterocycles. The van der Waals surface area contributed by atoms with Gasteiger partial charge in [-0.1, -0.05) is 18.2 Å². The van der Waals surface area contributed by atoms with E-state index >= 15 is 0 Å². The van der Waals surface area contributed by atoms with Crippen molar-refractivity contribution in [1.82, 2.24) is 13.8 Å². The number of nitrogens with one attached hydrogen (secondary N) is 1. The molecule has 0 aliphatic carbocycles. The lowest BCUT2D eigenvalue weighted by atomic mass is 10.3. The number of para-hydroxylation sites is 1. The highest BCUT2D eigenvalue weighted by Crippen LogP contribution is 2.20. The fraction of sp³-hybridized carbons (Fsp3) is 0.294. The molecule has 10 heteroatoms. The van der Waals surface area contributed by atoms with E-state index in [-0.39, 0.29) is 42.8 Å². The molecule has 0 spiro atoms. The molecule has 2 amide bonds. The van der Waals surface area contributed by atoms with E-state index in [1.807, 2.05) is 18.2 Å². The molecule has 0 saturated carbocycles. The van der Waals surface area contributed by atoms with Gasteiger partial charge in [0.1, 0.15) is 10.6 Å². The smallest absolute Gasteiger partial charge is 0.352 e. The van der Waals surface area contributed by atoms with Gasteiger partial charge in [0.15, 0.2) is 0 Å². The Morgan fingerprint density at radius 3 is 2.26 bits per heavy atom. The third-order valence-corrected chi connectivity index (χ3v) is 6.25. The largest absolute Gasteiger partial charge is 0.477 e. The van der Waals surface area contributed by atoms with Gasteiger partial charge in [0.2, 0.25) is 10.0 Å². The number of amides is 2. The summed E-state index contributed by atoms with van der Waals surface area (Å²) >= 11 is 0. The number of nitrogens with zero attached hydrogens (tertiary/aromatic N) is 3. The molecule has 9 nitrogen and oxygen atoms in total. The first-order valence-corrected chi connectivity index (χ1v) is 9.74. The van der Waals surface area contributed by atoms with Crippen molar-refractivity contribution in [2.75, 3.05) is 31.5 Å². The summed E-state index contributed by atoms with van der Waals surface area (Å²) in [6.07, 6.45) is 1.28. The van der Waals surface area contributed by atoms with Crippen LogP contribution in [0.25, 0.3) is 0 Å². The van der Waals surface area contributed by atoms with Gasteiger partial charge in [0.05, 0.1) is 0 Å². The highest BCUT2D eigenvalue weighted by atomic mass is 32.2. The minimum Gasteiger partial charge on any atom is -0.477 e. The Kier molecular flexibility index (Phi) is 5.19. The second-order valence-corrected chi connectivity index (χ2v) is 8.10. The number of anilines is 1. The Hall–Kier alpha value is -2.85. The topological polar surface area (TPSA) is 112 Å². The maximum Gasteiger partial charge on any atom is 0.352 e. The third-order valence-electron chi connectivity index (χ3n) is 4.39. The summed E-state index contributed by atoms with van der Waals surface area (Å²) in [7, 11) is -2.33. The van der Waals surface area contributed by atoms with Crippen molar-refractivity contribution < 1.29 is 23.1 Å². The predicted octanol–water partition coefficient (Wildman–Crippen LogP) is 1.26. The average molecular weight is 392 g/mol. The molecule has 144 valence electrons. The zero-order valence-corrected chi connectivity index (χ0v) is 15.5. The van der Waals surface area contributed by atoms with E-state index < -0.39 is 16.0 Å². The minimum absolute atomic E-state index is 0.0652. The summed E-state index contributed by atoms with van der Waals surface area (Å²) < 4.78 is 28.0. The lowest BCUT2D eigenvalue weighted by molar-refractivity contribution is 0.0686. The molecule has 3 rings (SSSR count). The number of hydrogen-bond acceptors (Lipinski definition) is 4. The first-order chi connectivity index (χ1) is 12.8. The second-order valence-electron chi connectivity index (χ2n) is 6.16. The number of piperazine rings is 1. The predicted molar refractivity (Wildman–Crippen MR) is 98.2 cm³/mol. The Balaban J connectivity index is 1.65. The van der Waals surface area contributed by atoms with E-state index in [0.29, 0.717) is 5.69 Å². The number of carboxylic acid groups (broad SMARTS) is 1. The third kappa shape index (κ3) is 3.96. The maximum atomic E-state index is 12.7. The molecular formula is C17H20N4O5S. The molecule has 1 aliphatic rings. The normalized spacial score (nSPS) is 15.5. The average Bonchev–Trinajstić information content (AvgIpc) is 3.05. The van der Waals surface area contributed by atoms with Crippen molar-refractivity contribution in [2.24, 2.45) is 7.05 Å². The van der Waals surface area contributed by atoms with Crippen molar-refractivity contribution in [3.05, 3.63) is 48.3 Å². The fourth-order valence-electron chi connectivity index (χ4n) is 2.89. The Morgan fingerprint density at radius 1 is 1.07 bits per heavy atom. The Bertz CT molecular complexity index is 947. The molecule has 2 heterocycles. The number of aryl methyl sites for hydroxylation is 1. The lowest BCUT2D eigenvalue weighted by Crippen LogP contribution is -2.51. The van der Waals surface area contributed by atoms with Gasteiger partial charge in [0, 0.05) is 45.1 Å². The second kappa shape index (κ2) is 7.41. The van der Waals surface area contributed by atoms with Gasteiger partial charge in [0.25, 0.3) is 0 Å². The summed E-state index contributed by atoms with van der Waals surface area (Å²) in [4.78, 5) is 24.9. The highest BCUT2D eigenvalue weighted by Gasteiger charge is 2.31. The van der Waals surface area contributed by atoms with E-state index in [1.165, 1.54) is 22.1 Å². The van der Waals surface area contributed by atoms with Gasteiger partial charge < -0.3 is 19.9 Å². The van der Waals surface area contributed by atoms with Gasteiger partial charge >= 0.3 is 12.0 Å². The molecule has 1 aliphatic heterocycles. The number of urea groups is 1. The monoisotopic (exact) mass is 392 g/mol. The van der Waals surface area contributed by atoms with Gasteiger partial charge in [-0.2, -0.15) is 4.31 Å². The zero-order chi connectivity index (χ0) is 19.6. The first kappa shape index (κ1) is 18.9. The Labute approximate surface area is 156 Å². The number of carbonyl (C=O) groups is 2. The maximum absolute atomic E-state index is 12.7. The van der Waals surface area contributed by atoms with Crippen LogP contribution in [-0.4, -0.2) is 65.5 Å². The highest BCUT2D eigenvalue weighted by molar-refractivity contribution is 7.89. The number of hydrogen-bond donors (Lipinski definition) is 2. The number of sulfonamides is 1. The number of carbonyl (C=O) groups excluding carboxylic acids is 1. The number of benzene rings is 1. The van der Waals surface area contributed by atoms with Crippen LogP contribution in [0.2, 0.25) is 0 Å². The summed E-state index contributed by atoms with van der Waals surface area (Å²) in [6, 6.07) is 9.87. The molecule has 2 N–H and O–H groups in total. The molecule has 1 fully saturated rings. The van der Waals surface area contributed by atoms with Crippen molar-refractivity contribution in [3.8, 4) is 0 Å². The van der Waals surface area contributed by atoms with Crippen LogP contribution in [0.3, 0.4) is 0 Å². The van der Waals surface area contributed by atoms with Crippen LogP contribution in [0.1, 0.15) is 10.5 Å². The van der Waals surface area contributed by atoms with Crippen LogP contribution < -0.4 is 5.32 Å². The van der Waals surface area contributed by atoms with Crippen molar-refractivity contribution in [1.29, 1.82) is 0 Å². The van der Waals surface area contributed by atoms with E-state index in [9.17, 15) is 18.0 Å². The van der Waals surface area contributed by atoms with Crippen LogP contribution >= 0.6 is 0 Å². The van der Waals surface area contributed by atoms with E-state index in [4.69, 9.17) is 5.11 Å². The molecule has 0 unspecified atom stereocenters. The van der Waals surface area contributed by atoms with E-state index in [1.54, 1.807) is 17.0 Å². The van der Waals surface area contributed by atoms with Crippen LogP contribution in [0, 0.1) is 0 Å². The first-order valence-electron chi connectivity index (χ1n) is 8.30. The quantitative estimate of drug-likeness (QED) is 0.814. The number of carboxylic acids is 1. The van der Waals surface area contributed by atoms with Crippen molar-refractivity contribution in [2.45, 2.75) is 4.90 Å². The molecule has 0 bridgehead atoms. The summed E-state index contributed by atoms with van der Waals surface area (Å²) in [5.74, 6) is -1.19. The standard InChI is InChI=1S/C17H20N4O5S/c1-19-12-14(11-15(19)16(22)23)27(25,26)21-9-7-20(8-10-21)17(24)18-13-5-3-2-4-6-13/h2-6,11-12H,7-10H2,1H3,(H,18,24)(H,22,23). The van der Waals surface area contributed by atoms with Crippen molar-refractivity contribution in [3.63, 3.8) is 0 Å². The molecule has 0 atom stereocenters. The summed E-state index contributed by atoms with van der Waals surface area (Å²) in [5, 5.41) is 11.9. The van der Waals surface area contributed by atoms with E-state index in [0.717, 1.165) is 6.07 Å². The fourth-order valence-corrected chi connectivity index (χ4v) is 4.39. The molecular weight excluding hydrogens is 372 g/mol. The van der Waals surface area contributed by atoms with Gasteiger partial charge in [-0.15, -0.1) is 0 Å². The van der Waals surface area contributed by atoms with Gasteiger partial charge in [-0.05, 0) is 18.2 Å². The number of rotatable bonds is 4. The molecule has 2 aromatic rings. The SMILES string of the molecule is Cn1cc(S(=O)(=O)N2CCN(C(=O)Nc3ccccc3)CC2)cc1C(=O)O. The van der Waals surface area contributed by atoms with Crippen LogP contribution in [-0.2, 0) is 17.1 Å². The van der Waals surface area contributed by atoms with Crippen molar-refractivity contribution >= 4 is 27.7 Å². The molecule has 27 heavy (non-hydrogen) atoms. The molecule has 1 aromatic heterocycles. The van der Waals surface area contributed by atoms with Gasteiger partial charge in [-0.3, -0.25) is 0 Å². The van der Waals surface area contributed by atoms with Crippen LogP contribution in [0.5, 0.6) is 0 Å². The molecule has 1 aromatic carbocycles. The number of aromatic carboxylic acids is 1. The molecule has 0 radical (unpaired) electrons. The lowest BCUT2D eigenvalue weighted by Gasteiger charge is -2.33. The van der Waals surface area contributed by atoms with Crippen LogP contribution in [0.4, 0.5) is 10.5 Å². The summed E-state index contributed by atoms with van der Waals surface area (Å²) in [5.41, 5.74) is 0.567. The minimum atomic E-state index is -3.81. The zero-order valence-electron chi connectivity index (χ0n) is 14.7. The Morgan fingerprint density at radius 2 is 1.70 bits per heavy atom. The van der Waals surface area contributed by atoms with E-state index in [2.05, 4.69) is 5.32 Å². The summed E-state index contributed by atoms with van der Waals surface area (Å²) in [6.45, 7) is 0.775.